The minimum absolute atomic E-state index is 0.445. The second-order valence-corrected chi connectivity index (χ2v) is 6.15. The molecule has 1 unspecified atom stereocenters. The molecule has 0 N–H and O–H groups in total. The van der Waals surface area contributed by atoms with Crippen LogP contribution in [0.2, 0.25) is 0 Å². The zero-order valence-electron chi connectivity index (χ0n) is 11.8. The summed E-state index contributed by atoms with van der Waals surface area (Å²) in [5.41, 5.74) is 7.17. The molecule has 1 atom stereocenters. The summed E-state index contributed by atoms with van der Waals surface area (Å²) >= 11 is 0. The number of ether oxygens (including phenoxy) is 1. The van der Waals surface area contributed by atoms with Crippen molar-refractivity contribution in [3.05, 3.63) is 70.5 Å². The SMILES string of the molecule is C1=Cc2ccc3c4c(ccc(c24)C1)CC(C1C=COC1)=C3. The molecule has 0 saturated heterocycles. The van der Waals surface area contributed by atoms with Crippen LogP contribution in [0, 0.1) is 5.92 Å². The van der Waals surface area contributed by atoms with Gasteiger partial charge in [-0.05, 0) is 51.9 Å². The van der Waals surface area contributed by atoms with Crippen molar-refractivity contribution in [2.45, 2.75) is 12.8 Å². The first-order valence-electron chi connectivity index (χ1n) is 7.63. The smallest absolute Gasteiger partial charge is 0.0974 e. The molecule has 1 aliphatic heterocycles. The number of hydrogen-bond acceptors (Lipinski definition) is 1. The van der Waals surface area contributed by atoms with E-state index < -0.39 is 0 Å². The fraction of sp³-hybridized carbons (Fsp3) is 0.200. The molecule has 1 heterocycles. The maximum absolute atomic E-state index is 5.41. The maximum atomic E-state index is 5.41. The monoisotopic (exact) mass is 272 g/mol. The van der Waals surface area contributed by atoms with Gasteiger partial charge in [-0.15, -0.1) is 0 Å². The third-order valence-corrected chi connectivity index (χ3v) is 4.93. The molecule has 1 heteroatoms. The van der Waals surface area contributed by atoms with Crippen molar-refractivity contribution in [3.63, 3.8) is 0 Å². The van der Waals surface area contributed by atoms with Gasteiger partial charge in [-0.2, -0.15) is 0 Å². The van der Waals surface area contributed by atoms with Gasteiger partial charge in [0.15, 0.2) is 0 Å². The summed E-state index contributed by atoms with van der Waals surface area (Å²) in [7, 11) is 0. The van der Waals surface area contributed by atoms with Crippen LogP contribution in [0.4, 0.5) is 0 Å². The second-order valence-electron chi connectivity index (χ2n) is 6.15. The van der Waals surface area contributed by atoms with Gasteiger partial charge in [0.1, 0.15) is 0 Å². The van der Waals surface area contributed by atoms with E-state index in [1.807, 2.05) is 6.26 Å². The van der Waals surface area contributed by atoms with Crippen LogP contribution in [-0.4, -0.2) is 6.61 Å². The summed E-state index contributed by atoms with van der Waals surface area (Å²) in [6.45, 7) is 0.795. The first-order valence-corrected chi connectivity index (χ1v) is 7.63. The van der Waals surface area contributed by atoms with E-state index in [0.29, 0.717) is 5.92 Å². The van der Waals surface area contributed by atoms with Gasteiger partial charge in [-0.3, -0.25) is 0 Å². The Balaban J connectivity index is 1.78. The maximum Gasteiger partial charge on any atom is 0.0974 e. The van der Waals surface area contributed by atoms with Crippen LogP contribution in [0.3, 0.4) is 0 Å². The molecule has 2 aromatic carbocycles. The van der Waals surface area contributed by atoms with Crippen molar-refractivity contribution in [1.29, 1.82) is 0 Å². The summed E-state index contributed by atoms with van der Waals surface area (Å²) in [5.74, 6) is 0.445. The normalized spacial score (nSPS) is 21.5. The molecule has 21 heavy (non-hydrogen) atoms. The molecular weight excluding hydrogens is 256 g/mol. The number of rotatable bonds is 1. The highest BCUT2D eigenvalue weighted by Crippen LogP contribution is 2.39. The number of hydrogen-bond donors (Lipinski definition) is 0. The Morgan fingerprint density at radius 3 is 2.71 bits per heavy atom. The fourth-order valence-electron chi connectivity index (χ4n) is 3.89. The minimum Gasteiger partial charge on any atom is -0.501 e. The van der Waals surface area contributed by atoms with Crippen LogP contribution in [0.25, 0.3) is 22.9 Å². The van der Waals surface area contributed by atoms with Gasteiger partial charge in [0.25, 0.3) is 0 Å². The van der Waals surface area contributed by atoms with Crippen LogP contribution in [-0.2, 0) is 17.6 Å². The van der Waals surface area contributed by atoms with Gasteiger partial charge < -0.3 is 4.74 Å². The molecule has 0 amide bonds. The third kappa shape index (κ3) is 1.58. The zero-order chi connectivity index (χ0) is 13.8. The first-order chi connectivity index (χ1) is 10.4. The van der Waals surface area contributed by atoms with Gasteiger partial charge >= 0.3 is 0 Å². The molecule has 3 aliphatic rings. The summed E-state index contributed by atoms with van der Waals surface area (Å²) in [6, 6.07) is 9.19. The van der Waals surface area contributed by atoms with Crippen molar-refractivity contribution < 1.29 is 4.74 Å². The molecule has 5 rings (SSSR count). The van der Waals surface area contributed by atoms with Crippen molar-refractivity contribution in [1.82, 2.24) is 0 Å². The molecule has 102 valence electrons. The van der Waals surface area contributed by atoms with E-state index in [4.69, 9.17) is 4.74 Å². The second kappa shape index (κ2) is 4.11. The molecule has 0 saturated carbocycles. The lowest BCUT2D eigenvalue weighted by molar-refractivity contribution is 0.259. The Bertz CT molecular complexity index is 852. The summed E-state index contributed by atoms with van der Waals surface area (Å²) in [4.78, 5) is 0. The average Bonchev–Trinajstić information content (AvgIpc) is 3.07. The lowest BCUT2D eigenvalue weighted by Gasteiger charge is -2.24. The van der Waals surface area contributed by atoms with Gasteiger partial charge in [-0.25, -0.2) is 0 Å². The highest BCUT2D eigenvalue weighted by atomic mass is 16.5. The van der Waals surface area contributed by atoms with E-state index in [0.717, 1.165) is 19.4 Å². The molecule has 0 radical (unpaired) electrons. The summed E-state index contributed by atoms with van der Waals surface area (Å²) in [5, 5.41) is 2.95. The predicted molar refractivity (Wildman–Crippen MR) is 86.9 cm³/mol. The lowest BCUT2D eigenvalue weighted by Crippen LogP contribution is -2.10. The highest BCUT2D eigenvalue weighted by molar-refractivity contribution is 6.03. The van der Waals surface area contributed by atoms with E-state index in [2.05, 4.69) is 48.6 Å². The van der Waals surface area contributed by atoms with Crippen molar-refractivity contribution in [2.24, 2.45) is 5.92 Å². The number of benzene rings is 2. The molecular formula is C20H16O. The lowest BCUT2D eigenvalue weighted by atomic mass is 9.80. The molecule has 0 bridgehead atoms. The van der Waals surface area contributed by atoms with Crippen LogP contribution in [0.15, 0.2) is 48.3 Å². The van der Waals surface area contributed by atoms with E-state index in [1.54, 1.807) is 0 Å². The Kier molecular flexibility index (Phi) is 2.23. The molecule has 0 aromatic heterocycles. The van der Waals surface area contributed by atoms with Gasteiger partial charge in [0.2, 0.25) is 0 Å². The summed E-state index contributed by atoms with van der Waals surface area (Å²) < 4.78 is 5.41. The van der Waals surface area contributed by atoms with Crippen LogP contribution < -0.4 is 0 Å². The Hall–Kier alpha value is -2.28. The van der Waals surface area contributed by atoms with E-state index in [1.165, 1.54) is 38.6 Å². The standard InChI is InChI=1S/C20H16O/c1-2-13-4-6-15-10-18(17-8-9-21-12-17)11-16-7-5-14(3-1)19(13)20(15)16/h1-2,4-10,17H,3,11-12H2. The topological polar surface area (TPSA) is 9.23 Å². The van der Waals surface area contributed by atoms with Crippen molar-refractivity contribution in [3.8, 4) is 0 Å². The average molecular weight is 272 g/mol. The quantitative estimate of drug-likeness (QED) is 0.742. The largest absolute Gasteiger partial charge is 0.501 e. The molecule has 2 aliphatic carbocycles. The zero-order valence-corrected chi connectivity index (χ0v) is 11.8. The Morgan fingerprint density at radius 2 is 1.81 bits per heavy atom. The Labute approximate surface area is 124 Å². The van der Waals surface area contributed by atoms with Gasteiger partial charge in [0, 0.05) is 5.92 Å². The molecule has 1 nitrogen and oxygen atoms in total. The highest BCUT2D eigenvalue weighted by Gasteiger charge is 2.23. The Morgan fingerprint density at radius 1 is 0.952 bits per heavy atom. The van der Waals surface area contributed by atoms with E-state index >= 15 is 0 Å². The minimum atomic E-state index is 0.445. The summed E-state index contributed by atoms with van der Waals surface area (Å²) in [6.07, 6.45) is 13.1. The van der Waals surface area contributed by atoms with Crippen LogP contribution >= 0.6 is 0 Å². The number of allylic oxidation sites excluding steroid dienone is 1. The van der Waals surface area contributed by atoms with Gasteiger partial charge in [-0.1, -0.05) is 48.1 Å². The third-order valence-electron chi connectivity index (χ3n) is 4.93. The molecule has 0 fully saturated rings. The van der Waals surface area contributed by atoms with Crippen LogP contribution in [0.1, 0.15) is 22.3 Å². The molecule has 2 aromatic rings. The first kappa shape index (κ1) is 11.4. The van der Waals surface area contributed by atoms with E-state index in [-0.39, 0.29) is 0 Å². The van der Waals surface area contributed by atoms with Crippen molar-refractivity contribution >= 4 is 22.9 Å². The van der Waals surface area contributed by atoms with Crippen LogP contribution in [0.5, 0.6) is 0 Å². The van der Waals surface area contributed by atoms with Gasteiger partial charge in [0.05, 0.1) is 12.9 Å². The van der Waals surface area contributed by atoms with Crippen molar-refractivity contribution in [2.75, 3.05) is 6.61 Å². The predicted octanol–water partition coefficient (Wildman–Crippen LogP) is 4.51. The fourth-order valence-corrected chi connectivity index (χ4v) is 3.89. The van der Waals surface area contributed by atoms with E-state index in [9.17, 15) is 0 Å². The molecule has 0 spiro atoms.